The normalized spacial score (nSPS) is 11.0. The molecule has 0 aromatic heterocycles. The number of nitro benzene ring substituents is 1. The van der Waals surface area contributed by atoms with Gasteiger partial charge in [-0.3, -0.25) is 10.1 Å². The molecule has 90 valence electrons. The number of esters is 1. The summed E-state index contributed by atoms with van der Waals surface area (Å²) in [6.07, 6.45) is 1.17. The van der Waals surface area contributed by atoms with Crippen LogP contribution in [0.15, 0.2) is 36.0 Å². The maximum absolute atomic E-state index is 11.1. The van der Waals surface area contributed by atoms with Gasteiger partial charge in [-0.25, -0.2) is 4.79 Å². The van der Waals surface area contributed by atoms with Crippen LogP contribution in [0.3, 0.4) is 0 Å². The summed E-state index contributed by atoms with van der Waals surface area (Å²) in [5.74, 6) is -0.539. The van der Waals surface area contributed by atoms with Crippen LogP contribution in [0, 0.1) is 10.1 Å². The van der Waals surface area contributed by atoms with Crippen LogP contribution in [0.25, 0.3) is 0 Å². The lowest BCUT2D eigenvalue weighted by atomic mass is 10.2. The zero-order chi connectivity index (χ0) is 12.8. The van der Waals surface area contributed by atoms with Crippen LogP contribution < -0.4 is 5.73 Å². The summed E-state index contributed by atoms with van der Waals surface area (Å²) in [7, 11) is 0. The summed E-state index contributed by atoms with van der Waals surface area (Å²) in [5, 5.41) is 10.4. The van der Waals surface area contributed by atoms with Crippen LogP contribution in [-0.2, 0) is 16.1 Å². The number of nitrogens with two attached hydrogens (primary N) is 1. The number of ether oxygens (including phenoxy) is 1. The molecule has 0 saturated carbocycles. The van der Waals surface area contributed by atoms with Crippen molar-refractivity contribution in [3.63, 3.8) is 0 Å². The summed E-state index contributed by atoms with van der Waals surface area (Å²) in [6, 6.07) is 5.77. The van der Waals surface area contributed by atoms with Crippen molar-refractivity contribution < 1.29 is 14.5 Å². The van der Waals surface area contributed by atoms with E-state index in [0.29, 0.717) is 11.3 Å². The lowest BCUT2D eigenvalue weighted by Crippen LogP contribution is -2.04. The van der Waals surface area contributed by atoms with Crippen LogP contribution in [0.5, 0.6) is 0 Å². The number of hydrogen-bond acceptors (Lipinski definition) is 5. The second kappa shape index (κ2) is 5.64. The second-order valence-electron chi connectivity index (χ2n) is 3.42. The molecule has 0 radical (unpaired) electrons. The lowest BCUT2D eigenvalue weighted by Gasteiger charge is -2.02. The second-order valence-corrected chi connectivity index (χ2v) is 3.42. The first kappa shape index (κ1) is 12.7. The van der Waals surface area contributed by atoms with Gasteiger partial charge in [-0.1, -0.05) is 0 Å². The predicted octanol–water partition coefficient (Wildman–Crippen LogP) is 1.50. The quantitative estimate of drug-likeness (QED) is 0.370. The van der Waals surface area contributed by atoms with Crippen molar-refractivity contribution in [2.45, 2.75) is 13.5 Å². The monoisotopic (exact) mass is 236 g/mol. The van der Waals surface area contributed by atoms with Crippen molar-refractivity contribution in [1.29, 1.82) is 0 Å². The summed E-state index contributed by atoms with van der Waals surface area (Å²) in [6.45, 7) is 1.63. The van der Waals surface area contributed by atoms with Gasteiger partial charge in [-0.2, -0.15) is 0 Å². The molecule has 0 fully saturated rings. The van der Waals surface area contributed by atoms with Gasteiger partial charge in [0.2, 0.25) is 0 Å². The Balaban J connectivity index is 2.56. The van der Waals surface area contributed by atoms with E-state index in [4.69, 9.17) is 10.5 Å². The number of allylic oxidation sites excluding steroid dienone is 1. The van der Waals surface area contributed by atoms with Gasteiger partial charge in [0, 0.05) is 23.9 Å². The molecule has 0 aliphatic carbocycles. The van der Waals surface area contributed by atoms with E-state index < -0.39 is 10.9 Å². The van der Waals surface area contributed by atoms with Crippen LogP contribution >= 0.6 is 0 Å². The van der Waals surface area contributed by atoms with Gasteiger partial charge in [-0.05, 0) is 24.6 Å². The smallest absolute Gasteiger partial charge is 0.332 e. The molecule has 2 N–H and O–H groups in total. The van der Waals surface area contributed by atoms with Crippen molar-refractivity contribution in [1.82, 2.24) is 0 Å². The zero-order valence-corrected chi connectivity index (χ0v) is 9.25. The highest BCUT2D eigenvalue weighted by atomic mass is 16.6. The maximum Gasteiger partial charge on any atom is 0.332 e. The molecule has 6 heteroatoms. The largest absolute Gasteiger partial charge is 0.458 e. The van der Waals surface area contributed by atoms with E-state index in [9.17, 15) is 14.9 Å². The number of hydrogen-bond donors (Lipinski definition) is 1. The fourth-order valence-corrected chi connectivity index (χ4v) is 1.10. The number of benzene rings is 1. The van der Waals surface area contributed by atoms with Gasteiger partial charge in [0.25, 0.3) is 5.69 Å². The fourth-order valence-electron chi connectivity index (χ4n) is 1.10. The molecule has 1 aromatic carbocycles. The Bertz CT molecular complexity index is 447. The molecule has 0 atom stereocenters. The van der Waals surface area contributed by atoms with Gasteiger partial charge in [0.1, 0.15) is 6.61 Å². The molecule has 17 heavy (non-hydrogen) atoms. The van der Waals surface area contributed by atoms with Gasteiger partial charge >= 0.3 is 5.97 Å². The lowest BCUT2D eigenvalue weighted by molar-refractivity contribution is -0.384. The van der Waals surface area contributed by atoms with Crippen molar-refractivity contribution in [2.24, 2.45) is 5.73 Å². The number of non-ortho nitro benzene ring substituents is 1. The summed E-state index contributed by atoms with van der Waals surface area (Å²) >= 11 is 0. The molecule has 0 aliphatic heterocycles. The van der Waals surface area contributed by atoms with Gasteiger partial charge in [-0.15, -0.1) is 0 Å². The van der Waals surface area contributed by atoms with E-state index in [-0.39, 0.29) is 12.3 Å². The van der Waals surface area contributed by atoms with E-state index in [0.717, 1.165) is 0 Å². The highest BCUT2D eigenvalue weighted by Crippen LogP contribution is 2.12. The van der Waals surface area contributed by atoms with Crippen LogP contribution in [-0.4, -0.2) is 10.9 Å². The van der Waals surface area contributed by atoms with Crippen LogP contribution in [0.2, 0.25) is 0 Å². The maximum atomic E-state index is 11.1. The first-order valence-electron chi connectivity index (χ1n) is 4.83. The Morgan fingerprint density at radius 1 is 1.47 bits per heavy atom. The first-order chi connectivity index (χ1) is 7.99. The van der Waals surface area contributed by atoms with E-state index >= 15 is 0 Å². The molecule has 0 saturated heterocycles. The number of nitrogens with zero attached hydrogens (tertiary/aromatic N) is 1. The van der Waals surface area contributed by atoms with Crippen LogP contribution in [0.1, 0.15) is 12.5 Å². The van der Waals surface area contributed by atoms with Crippen molar-refractivity contribution in [3.8, 4) is 0 Å². The zero-order valence-electron chi connectivity index (χ0n) is 9.25. The number of carbonyl (C=O) groups is 1. The molecular formula is C11H12N2O4. The predicted molar refractivity (Wildman–Crippen MR) is 60.8 cm³/mol. The third-order valence-electron chi connectivity index (χ3n) is 1.87. The van der Waals surface area contributed by atoms with Crippen LogP contribution in [0.4, 0.5) is 5.69 Å². The Morgan fingerprint density at radius 3 is 2.53 bits per heavy atom. The van der Waals surface area contributed by atoms with Gasteiger partial charge < -0.3 is 10.5 Å². The van der Waals surface area contributed by atoms with E-state index in [1.165, 1.54) is 30.3 Å². The molecular weight excluding hydrogens is 224 g/mol. The highest BCUT2D eigenvalue weighted by Gasteiger charge is 2.05. The minimum absolute atomic E-state index is 0.00206. The van der Waals surface area contributed by atoms with E-state index in [1.54, 1.807) is 6.92 Å². The first-order valence-corrected chi connectivity index (χ1v) is 4.83. The number of nitro groups is 1. The average Bonchev–Trinajstić information content (AvgIpc) is 2.26. The minimum Gasteiger partial charge on any atom is -0.458 e. The highest BCUT2D eigenvalue weighted by molar-refractivity contribution is 5.82. The van der Waals surface area contributed by atoms with Crippen molar-refractivity contribution in [3.05, 3.63) is 51.7 Å². The fraction of sp³-hybridized carbons (Fsp3) is 0.182. The Morgan fingerprint density at radius 2 is 2.06 bits per heavy atom. The number of carbonyl (C=O) groups excluding carboxylic acids is 1. The third kappa shape index (κ3) is 4.33. The van der Waals surface area contributed by atoms with Crippen molar-refractivity contribution in [2.75, 3.05) is 0 Å². The Kier molecular flexibility index (Phi) is 4.21. The van der Waals surface area contributed by atoms with E-state index in [2.05, 4.69) is 0 Å². The number of rotatable bonds is 4. The minimum atomic E-state index is -0.539. The summed E-state index contributed by atoms with van der Waals surface area (Å²) in [4.78, 5) is 21.0. The Labute approximate surface area is 97.8 Å². The molecule has 6 nitrogen and oxygen atoms in total. The Hall–Kier alpha value is -2.37. The SMILES string of the molecule is C/C(N)=C/C(=O)OCc1ccc([N+](=O)[O-])cc1. The summed E-state index contributed by atoms with van der Waals surface area (Å²) in [5.41, 5.74) is 6.33. The third-order valence-corrected chi connectivity index (χ3v) is 1.87. The average molecular weight is 236 g/mol. The topological polar surface area (TPSA) is 95.5 Å². The van der Waals surface area contributed by atoms with Gasteiger partial charge in [0.15, 0.2) is 0 Å². The molecule has 0 heterocycles. The molecule has 0 unspecified atom stereocenters. The standard InChI is InChI=1S/C11H12N2O4/c1-8(12)6-11(14)17-7-9-2-4-10(5-3-9)13(15)16/h2-6H,7,12H2,1H3/b8-6-. The molecule has 0 aliphatic rings. The van der Waals surface area contributed by atoms with Gasteiger partial charge in [0.05, 0.1) is 4.92 Å². The van der Waals surface area contributed by atoms with Crippen molar-refractivity contribution >= 4 is 11.7 Å². The van der Waals surface area contributed by atoms with E-state index in [1.807, 2.05) is 0 Å². The summed E-state index contributed by atoms with van der Waals surface area (Å²) < 4.78 is 4.87. The molecule has 0 bridgehead atoms. The molecule has 0 spiro atoms. The molecule has 1 aromatic rings. The molecule has 1 rings (SSSR count). The molecule has 0 amide bonds.